The zero-order chi connectivity index (χ0) is 11.7. The van der Waals surface area contributed by atoms with Crippen LogP contribution in [0, 0.1) is 4.77 Å². The standard InChI is InChI=1S/C10H9N3O2S/c1-13-9(15)7(8(14)12-10(13)16)5-6-3-2-4-11-6/h2-5,15H,1H3,(H,12,14,16)/b6-5+. The summed E-state index contributed by atoms with van der Waals surface area (Å²) in [5.74, 6) is -0.170. The summed E-state index contributed by atoms with van der Waals surface area (Å²) in [6.45, 7) is 0. The summed E-state index contributed by atoms with van der Waals surface area (Å²) < 4.78 is 1.50. The maximum absolute atomic E-state index is 11.6. The lowest BCUT2D eigenvalue weighted by Crippen LogP contribution is -2.15. The van der Waals surface area contributed by atoms with Gasteiger partial charge >= 0.3 is 0 Å². The Morgan fingerprint density at radius 3 is 3.00 bits per heavy atom. The van der Waals surface area contributed by atoms with Crippen molar-refractivity contribution in [2.45, 2.75) is 0 Å². The second-order valence-electron chi connectivity index (χ2n) is 3.26. The van der Waals surface area contributed by atoms with Crippen LogP contribution in [-0.4, -0.2) is 20.9 Å². The largest absolute Gasteiger partial charge is 0.494 e. The number of hydrogen-bond acceptors (Lipinski definition) is 4. The molecule has 82 valence electrons. The average Bonchev–Trinajstić information content (AvgIpc) is 2.74. The average molecular weight is 235 g/mol. The zero-order valence-corrected chi connectivity index (χ0v) is 9.28. The van der Waals surface area contributed by atoms with Gasteiger partial charge in [0.05, 0.1) is 5.70 Å². The second kappa shape index (κ2) is 3.90. The molecule has 0 aromatic carbocycles. The molecule has 0 aliphatic carbocycles. The summed E-state index contributed by atoms with van der Waals surface area (Å²) >= 11 is 4.85. The molecule has 6 heteroatoms. The fourth-order valence-electron chi connectivity index (χ4n) is 1.30. The molecule has 2 rings (SSSR count). The number of aliphatic imine (C=N–C) groups is 1. The van der Waals surface area contributed by atoms with Gasteiger partial charge in [-0.25, -0.2) is 0 Å². The Balaban J connectivity index is 2.66. The van der Waals surface area contributed by atoms with Gasteiger partial charge in [-0.05, 0) is 30.4 Å². The molecule has 0 amide bonds. The summed E-state index contributed by atoms with van der Waals surface area (Å²) in [5, 5.41) is 9.78. The fraction of sp³-hybridized carbons (Fsp3) is 0.100. The van der Waals surface area contributed by atoms with Crippen LogP contribution >= 0.6 is 12.2 Å². The third-order valence-corrected chi connectivity index (χ3v) is 2.57. The molecule has 0 bridgehead atoms. The first-order valence-corrected chi connectivity index (χ1v) is 4.95. The zero-order valence-electron chi connectivity index (χ0n) is 8.47. The quantitative estimate of drug-likeness (QED) is 0.717. The Morgan fingerprint density at radius 2 is 2.38 bits per heavy atom. The molecule has 0 saturated heterocycles. The van der Waals surface area contributed by atoms with Crippen LogP contribution in [0.2, 0.25) is 0 Å². The Morgan fingerprint density at radius 1 is 1.62 bits per heavy atom. The Hall–Kier alpha value is -1.95. The molecule has 0 atom stereocenters. The highest BCUT2D eigenvalue weighted by atomic mass is 32.1. The van der Waals surface area contributed by atoms with Crippen molar-refractivity contribution in [1.82, 2.24) is 9.55 Å². The van der Waals surface area contributed by atoms with Gasteiger partial charge in [0.1, 0.15) is 5.56 Å². The minimum atomic E-state index is -0.427. The number of allylic oxidation sites excluding steroid dienone is 2. The molecule has 0 unspecified atom stereocenters. The van der Waals surface area contributed by atoms with Crippen LogP contribution in [0.15, 0.2) is 27.6 Å². The van der Waals surface area contributed by atoms with Crippen molar-refractivity contribution in [2.24, 2.45) is 12.0 Å². The van der Waals surface area contributed by atoms with Gasteiger partial charge in [0.25, 0.3) is 5.56 Å². The number of rotatable bonds is 1. The van der Waals surface area contributed by atoms with Crippen LogP contribution in [0.4, 0.5) is 0 Å². The van der Waals surface area contributed by atoms with E-state index in [4.69, 9.17) is 12.2 Å². The van der Waals surface area contributed by atoms with Crippen molar-refractivity contribution in [2.75, 3.05) is 0 Å². The lowest BCUT2D eigenvalue weighted by molar-refractivity contribution is 0.419. The summed E-state index contributed by atoms with van der Waals surface area (Å²) in [5.41, 5.74) is 0.330. The topological polar surface area (TPSA) is 70.4 Å². The van der Waals surface area contributed by atoms with Crippen LogP contribution < -0.4 is 5.56 Å². The lowest BCUT2D eigenvalue weighted by Gasteiger charge is -2.05. The fourth-order valence-corrected chi connectivity index (χ4v) is 1.48. The van der Waals surface area contributed by atoms with Gasteiger partial charge < -0.3 is 5.11 Å². The number of aromatic nitrogens is 2. The molecule has 1 aliphatic heterocycles. The normalized spacial score (nSPS) is 16.2. The Bertz CT molecular complexity index is 620. The molecule has 5 nitrogen and oxygen atoms in total. The Labute approximate surface area is 96.1 Å². The summed E-state index contributed by atoms with van der Waals surface area (Å²) in [6, 6.07) is 0. The second-order valence-corrected chi connectivity index (χ2v) is 3.65. The van der Waals surface area contributed by atoms with E-state index in [0.717, 1.165) is 0 Å². The van der Waals surface area contributed by atoms with Crippen LogP contribution in [-0.2, 0) is 7.05 Å². The van der Waals surface area contributed by atoms with E-state index in [9.17, 15) is 9.90 Å². The molecule has 0 fully saturated rings. The van der Waals surface area contributed by atoms with Crippen molar-refractivity contribution < 1.29 is 5.11 Å². The van der Waals surface area contributed by atoms with E-state index in [1.54, 1.807) is 25.4 Å². The Kier molecular flexibility index (Phi) is 2.57. The van der Waals surface area contributed by atoms with Crippen LogP contribution in [0.3, 0.4) is 0 Å². The minimum absolute atomic E-state index is 0.148. The number of aromatic hydroxyl groups is 1. The molecule has 16 heavy (non-hydrogen) atoms. The number of hydrogen-bond donors (Lipinski definition) is 2. The van der Waals surface area contributed by atoms with Gasteiger partial charge in [-0.3, -0.25) is 19.3 Å². The van der Waals surface area contributed by atoms with Crippen LogP contribution in [0.25, 0.3) is 6.08 Å². The van der Waals surface area contributed by atoms with E-state index < -0.39 is 5.56 Å². The monoisotopic (exact) mass is 235 g/mol. The van der Waals surface area contributed by atoms with Crippen molar-refractivity contribution >= 4 is 24.5 Å². The molecule has 1 aliphatic rings. The van der Waals surface area contributed by atoms with E-state index in [1.807, 2.05) is 0 Å². The number of H-pyrrole nitrogens is 1. The maximum atomic E-state index is 11.6. The van der Waals surface area contributed by atoms with Gasteiger partial charge in [0.2, 0.25) is 5.88 Å². The summed E-state index contributed by atoms with van der Waals surface area (Å²) in [7, 11) is 1.57. The van der Waals surface area contributed by atoms with Crippen molar-refractivity contribution in [3.8, 4) is 5.88 Å². The number of nitrogens with zero attached hydrogens (tertiary/aromatic N) is 2. The van der Waals surface area contributed by atoms with E-state index in [-0.39, 0.29) is 16.2 Å². The molecular weight excluding hydrogens is 226 g/mol. The first kappa shape index (κ1) is 10.6. The van der Waals surface area contributed by atoms with Crippen molar-refractivity contribution in [1.29, 1.82) is 0 Å². The van der Waals surface area contributed by atoms with Crippen molar-refractivity contribution in [3.05, 3.63) is 38.5 Å². The molecular formula is C10H9N3O2S. The smallest absolute Gasteiger partial charge is 0.262 e. The maximum Gasteiger partial charge on any atom is 0.262 e. The van der Waals surface area contributed by atoms with Gasteiger partial charge in [-0.1, -0.05) is 0 Å². The lowest BCUT2D eigenvalue weighted by atomic mass is 10.2. The van der Waals surface area contributed by atoms with Gasteiger partial charge in [0, 0.05) is 13.3 Å². The van der Waals surface area contributed by atoms with E-state index in [1.165, 1.54) is 10.6 Å². The molecule has 0 spiro atoms. The molecule has 0 radical (unpaired) electrons. The van der Waals surface area contributed by atoms with E-state index in [0.29, 0.717) is 5.70 Å². The summed E-state index contributed by atoms with van der Waals surface area (Å²) in [6.07, 6.45) is 6.60. The van der Waals surface area contributed by atoms with Crippen molar-refractivity contribution in [3.63, 3.8) is 0 Å². The minimum Gasteiger partial charge on any atom is -0.494 e. The van der Waals surface area contributed by atoms with Gasteiger partial charge in [-0.15, -0.1) is 0 Å². The first-order chi connectivity index (χ1) is 7.59. The van der Waals surface area contributed by atoms with Crippen LogP contribution in [0.1, 0.15) is 5.56 Å². The third kappa shape index (κ3) is 1.74. The number of nitrogens with one attached hydrogen (secondary N) is 1. The highest BCUT2D eigenvalue weighted by molar-refractivity contribution is 7.71. The molecule has 1 aromatic rings. The van der Waals surface area contributed by atoms with Gasteiger partial charge in [-0.2, -0.15) is 0 Å². The molecule has 2 heterocycles. The first-order valence-electron chi connectivity index (χ1n) is 4.54. The molecule has 0 saturated carbocycles. The highest BCUT2D eigenvalue weighted by Crippen LogP contribution is 2.16. The molecule has 1 aromatic heterocycles. The molecule has 2 N–H and O–H groups in total. The third-order valence-electron chi connectivity index (χ3n) is 2.20. The van der Waals surface area contributed by atoms with Crippen LogP contribution in [0.5, 0.6) is 5.88 Å². The SMILES string of the molecule is Cn1c(O)c(/C=C2\C=CC=N2)c(=O)[nH]c1=S. The van der Waals surface area contributed by atoms with E-state index >= 15 is 0 Å². The number of aromatic amines is 1. The summed E-state index contributed by atoms with van der Waals surface area (Å²) in [4.78, 5) is 18.0. The van der Waals surface area contributed by atoms with Gasteiger partial charge in [0.15, 0.2) is 4.77 Å². The predicted octanol–water partition coefficient (Wildman–Crippen LogP) is 1.13. The van der Waals surface area contributed by atoms with E-state index in [2.05, 4.69) is 9.98 Å². The highest BCUT2D eigenvalue weighted by Gasteiger charge is 2.08. The predicted molar refractivity (Wildman–Crippen MR) is 64.1 cm³/mol.